The molecule has 23 heavy (non-hydrogen) atoms. The first-order valence-corrected chi connectivity index (χ1v) is 7.31. The van der Waals surface area contributed by atoms with Gasteiger partial charge in [0.1, 0.15) is 0 Å². The maximum absolute atomic E-state index is 6.94. The maximum Gasteiger partial charge on any atom is 1.00 e. The summed E-state index contributed by atoms with van der Waals surface area (Å²) in [5.74, 6) is 0. The van der Waals surface area contributed by atoms with Gasteiger partial charge in [-0.1, -0.05) is 71.8 Å². The fourth-order valence-electron chi connectivity index (χ4n) is 1.70. The van der Waals surface area contributed by atoms with Gasteiger partial charge in [-0.15, -0.1) is 13.1 Å². The van der Waals surface area contributed by atoms with Gasteiger partial charge in [-0.05, 0) is 12.8 Å². The molecule has 0 spiro atoms. The van der Waals surface area contributed by atoms with E-state index in [9.17, 15) is 0 Å². The van der Waals surface area contributed by atoms with E-state index in [-0.39, 0.29) is 37.7 Å². The number of benzene rings is 2. The molecule has 0 bridgehead atoms. The Morgan fingerprint density at radius 2 is 1.00 bits per heavy atom. The normalized spacial score (nSPS) is 11.6. The molecule has 1 aliphatic rings. The van der Waals surface area contributed by atoms with Crippen molar-refractivity contribution in [2.75, 3.05) is 13.2 Å². The van der Waals surface area contributed by atoms with Crippen LogP contribution in [-0.2, 0) is 17.8 Å². The Bertz CT molecular complexity index is 404. The summed E-state index contributed by atoms with van der Waals surface area (Å²) in [4.78, 5) is 0. The summed E-state index contributed by atoms with van der Waals surface area (Å²) in [6.45, 7) is 2.78. The van der Waals surface area contributed by atoms with Crippen LogP contribution >= 0.6 is 0 Å². The fraction of sp³-hybridized carbons (Fsp3) is 0.333. The average molecular weight is 298 g/mol. The zero-order chi connectivity index (χ0) is 15.2. The second-order valence-corrected chi connectivity index (χ2v) is 4.64. The van der Waals surface area contributed by atoms with E-state index in [0.717, 1.165) is 24.3 Å². The first-order valence-electron chi connectivity index (χ1n) is 7.31. The minimum absolute atomic E-state index is 0. The Balaban J connectivity index is 0. The maximum atomic E-state index is 6.94. The number of rotatable bonds is 2. The predicted octanol–water partition coefficient (Wildman–Crippen LogP) is -0.718. The molecule has 0 unspecified atom stereocenters. The fourth-order valence-corrected chi connectivity index (χ4v) is 1.70. The van der Waals surface area contributed by atoms with Gasteiger partial charge in [0, 0.05) is 13.2 Å². The van der Waals surface area contributed by atoms with Crippen LogP contribution in [0.2, 0.25) is 0 Å². The summed E-state index contributed by atoms with van der Waals surface area (Å²) in [5.41, 5.74) is 16.0. The molecule has 114 valence electrons. The van der Waals surface area contributed by atoms with Gasteiger partial charge in [-0.25, -0.2) is 0 Å². The number of hydrogen-bond acceptors (Lipinski definition) is 1. The zero-order valence-corrected chi connectivity index (χ0v) is 14.4. The van der Waals surface area contributed by atoms with E-state index in [1.54, 1.807) is 0 Å². The predicted molar refractivity (Wildman–Crippen MR) is 89.0 cm³/mol. The molecule has 2 aromatic rings. The Labute approximate surface area is 164 Å². The monoisotopic (exact) mass is 298 g/mol. The van der Waals surface area contributed by atoms with Gasteiger partial charge < -0.3 is 16.2 Å². The van der Waals surface area contributed by atoms with E-state index >= 15 is 0 Å². The summed E-state index contributed by atoms with van der Waals surface area (Å²) in [6, 6.07) is 19.5. The van der Waals surface area contributed by atoms with Crippen LogP contribution in [0.1, 0.15) is 24.0 Å². The SMILES string of the molecule is C1CCOC1.[Li+].[Li+].[NH-]Cc1ccccc1.[NH-]Cc1ccccc1. The molecule has 1 fully saturated rings. The molecule has 3 nitrogen and oxygen atoms in total. The van der Waals surface area contributed by atoms with E-state index in [1.807, 2.05) is 60.7 Å². The Morgan fingerprint density at radius 1 is 0.652 bits per heavy atom. The van der Waals surface area contributed by atoms with E-state index in [1.165, 1.54) is 12.8 Å². The van der Waals surface area contributed by atoms with E-state index in [2.05, 4.69) is 0 Å². The summed E-state index contributed by atoms with van der Waals surface area (Å²) in [6.07, 6.45) is 2.56. The van der Waals surface area contributed by atoms with Crippen LogP contribution in [-0.4, -0.2) is 13.2 Å². The van der Waals surface area contributed by atoms with Crippen molar-refractivity contribution >= 4 is 0 Å². The van der Waals surface area contributed by atoms with Crippen LogP contribution < -0.4 is 37.7 Å². The largest absolute Gasteiger partial charge is 1.00 e. The second-order valence-electron chi connectivity index (χ2n) is 4.64. The van der Waals surface area contributed by atoms with Crippen molar-refractivity contribution in [3.05, 3.63) is 83.3 Å². The molecule has 0 saturated carbocycles. The van der Waals surface area contributed by atoms with Crippen molar-refractivity contribution in [1.82, 2.24) is 0 Å². The van der Waals surface area contributed by atoms with Gasteiger partial charge in [-0.2, -0.15) is 0 Å². The first-order chi connectivity index (χ1) is 10.4. The van der Waals surface area contributed by atoms with Crippen molar-refractivity contribution in [3.63, 3.8) is 0 Å². The summed E-state index contributed by atoms with van der Waals surface area (Å²) >= 11 is 0. The van der Waals surface area contributed by atoms with Crippen LogP contribution in [0.15, 0.2) is 60.7 Å². The van der Waals surface area contributed by atoms with Crippen LogP contribution in [0.3, 0.4) is 0 Å². The summed E-state index contributed by atoms with van der Waals surface area (Å²) < 4.78 is 4.94. The van der Waals surface area contributed by atoms with Crippen molar-refractivity contribution in [1.29, 1.82) is 0 Å². The number of nitrogens with one attached hydrogen (secondary N) is 2. The van der Waals surface area contributed by atoms with Gasteiger partial charge in [0.15, 0.2) is 0 Å². The molecular formula is C18H24Li2N2O. The van der Waals surface area contributed by atoms with Gasteiger partial charge in [0.2, 0.25) is 0 Å². The Morgan fingerprint density at radius 3 is 1.17 bits per heavy atom. The molecule has 5 heteroatoms. The third kappa shape index (κ3) is 13.6. The zero-order valence-electron chi connectivity index (χ0n) is 14.4. The van der Waals surface area contributed by atoms with E-state index < -0.39 is 0 Å². The second kappa shape index (κ2) is 17.9. The molecule has 3 rings (SSSR count). The molecule has 0 amide bonds. The van der Waals surface area contributed by atoms with Crippen LogP contribution in [0.4, 0.5) is 0 Å². The topological polar surface area (TPSA) is 56.8 Å². The molecular weight excluding hydrogens is 274 g/mol. The minimum Gasteiger partial charge on any atom is -0.674 e. The molecule has 2 N–H and O–H groups in total. The molecule has 0 aliphatic carbocycles. The van der Waals surface area contributed by atoms with Gasteiger partial charge >= 0.3 is 37.7 Å². The minimum atomic E-state index is 0. The number of ether oxygens (including phenoxy) is 1. The van der Waals surface area contributed by atoms with Crippen molar-refractivity contribution in [3.8, 4) is 0 Å². The molecule has 1 saturated heterocycles. The first kappa shape index (κ1) is 24.8. The van der Waals surface area contributed by atoms with E-state index in [0.29, 0.717) is 13.1 Å². The van der Waals surface area contributed by atoms with Crippen LogP contribution in [0, 0.1) is 0 Å². The molecule has 0 aromatic heterocycles. The molecule has 2 aromatic carbocycles. The van der Waals surface area contributed by atoms with Crippen LogP contribution in [0.25, 0.3) is 11.5 Å². The smallest absolute Gasteiger partial charge is 0.674 e. The standard InChI is InChI=1S/2C7H8N.C4H8O.2Li/c2*8-6-7-4-2-1-3-5-7;1-2-4-5-3-1;;/h2*1-5,8H,6H2;1-4H2;;/q2*-1;;2*+1. The molecule has 1 heterocycles. The summed E-state index contributed by atoms with van der Waals surface area (Å²) in [7, 11) is 0. The van der Waals surface area contributed by atoms with Crippen molar-refractivity contribution in [2.24, 2.45) is 0 Å². The quantitative estimate of drug-likeness (QED) is 0.675. The van der Waals surface area contributed by atoms with Crippen LogP contribution in [0.5, 0.6) is 0 Å². The van der Waals surface area contributed by atoms with Crippen molar-refractivity contribution in [2.45, 2.75) is 25.9 Å². The van der Waals surface area contributed by atoms with E-state index in [4.69, 9.17) is 16.2 Å². The van der Waals surface area contributed by atoms with Gasteiger partial charge in [0.05, 0.1) is 0 Å². The average Bonchev–Trinajstić information content (AvgIpc) is 3.17. The summed E-state index contributed by atoms with van der Waals surface area (Å²) in [5, 5.41) is 0. The third-order valence-corrected chi connectivity index (χ3v) is 2.92. The number of hydrogen-bond donors (Lipinski definition) is 0. The Kier molecular flexibility index (Phi) is 19.2. The third-order valence-electron chi connectivity index (χ3n) is 2.92. The molecule has 0 radical (unpaired) electrons. The Hall–Kier alpha value is -0.485. The molecule has 0 atom stereocenters. The van der Waals surface area contributed by atoms with Gasteiger partial charge in [0.25, 0.3) is 0 Å². The van der Waals surface area contributed by atoms with Crippen molar-refractivity contribution < 1.29 is 42.5 Å². The molecule has 1 aliphatic heterocycles. The van der Waals surface area contributed by atoms with Gasteiger partial charge in [-0.3, -0.25) is 0 Å².